The lowest BCUT2D eigenvalue weighted by Gasteiger charge is -2.03. The summed E-state index contributed by atoms with van der Waals surface area (Å²) in [5.74, 6) is 0.326. The topological polar surface area (TPSA) is 17.1 Å². The molecule has 0 aromatic rings. The van der Waals surface area contributed by atoms with Crippen LogP contribution in [-0.2, 0) is 4.79 Å². The van der Waals surface area contributed by atoms with Crippen LogP contribution in [0.3, 0.4) is 0 Å². The van der Waals surface area contributed by atoms with E-state index in [0.717, 1.165) is 17.7 Å². The van der Waals surface area contributed by atoms with Crippen molar-refractivity contribution in [3.63, 3.8) is 0 Å². The number of thiocarbonyl (C=S) groups is 1. The summed E-state index contributed by atoms with van der Waals surface area (Å²) in [6, 6.07) is 0. The standard InChI is InChI=1S/C21H40OS/c1-3-4-5-6-7-8-9-10-11-12-13-14-15-16-17-18-21(22)19-20(2)23/h3-19H2,1-2H3. The summed E-state index contributed by atoms with van der Waals surface area (Å²) < 4.78 is 0. The minimum Gasteiger partial charge on any atom is -0.299 e. The molecule has 0 N–H and O–H groups in total. The molecule has 0 fully saturated rings. The van der Waals surface area contributed by atoms with E-state index in [-0.39, 0.29) is 0 Å². The van der Waals surface area contributed by atoms with E-state index in [1.165, 1.54) is 89.9 Å². The molecule has 136 valence electrons. The van der Waals surface area contributed by atoms with Crippen LogP contribution in [0.1, 0.15) is 123 Å². The average Bonchev–Trinajstić information content (AvgIpc) is 2.50. The Labute approximate surface area is 151 Å². The van der Waals surface area contributed by atoms with Gasteiger partial charge in [-0.05, 0) is 18.2 Å². The third kappa shape index (κ3) is 19.7. The second-order valence-electron chi connectivity index (χ2n) is 7.12. The third-order valence-electron chi connectivity index (χ3n) is 4.51. The van der Waals surface area contributed by atoms with Gasteiger partial charge in [-0.3, -0.25) is 4.79 Å². The highest BCUT2D eigenvalue weighted by molar-refractivity contribution is 7.80. The van der Waals surface area contributed by atoms with Crippen molar-refractivity contribution in [2.24, 2.45) is 0 Å². The number of hydrogen-bond acceptors (Lipinski definition) is 2. The fraction of sp³-hybridized carbons (Fsp3) is 0.905. The zero-order chi connectivity index (χ0) is 17.2. The van der Waals surface area contributed by atoms with Crippen LogP contribution in [-0.4, -0.2) is 10.6 Å². The van der Waals surface area contributed by atoms with E-state index in [0.29, 0.717) is 12.2 Å². The van der Waals surface area contributed by atoms with Gasteiger partial charge in [-0.2, -0.15) is 0 Å². The largest absolute Gasteiger partial charge is 0.299 e. The molecule has 0 bridgehead atoms. The van der Waals surface area contributed by atoms with Crippen LogP contribution in [0.15, 0.2) is 0 Å². The predicted molar refractivity (Wildman–Crippen MR) is 107 cm³/mol. The molecule has 0 atom stereocenters. The maximum absolute atomic E-state index is 11.5. The summed E-state index contributed by atoms with van der Waals surface area (Å²) >= 11 is 4.96. The summed E-state index contributed by atoms with van der Waals surface area (Å²) in [5, 5.41) is 0. The van der Waals surface area contributed by atoms with Crippen molar-refractivity contribution in [1.29, 1.82) is 0 Å². The number of rotatable bonds is 18. The molecule has 0 amide bonds. The number of carbonyl (C=O) groups excluding carboxylic acids is 1. The second kappa shape index (κ2) is 18.1. The molecule has 23 heavy (non-hydrogen) atoms. The number of Topliss-reactive ketones (excluding diaryl/α,β-unsaturated/α-hetero) is 1. The minimum atomic E-state index is 0.326. The monoisotopic (exact) mass is 340 g/mol. The fourth-order valence-electron chi connectivity index (χ4n) is 3.06. The van der Waals surface area contributed by atoms with E-state index in [1.807, 2.05) is 6.92 Å². The molecule has 0 aromatic carbocycles. The van der Waals surface area contributed by atoms with E-state index >= 15 is 0 Å². The second-order valence-corrected chi connectivity index (χ2v) is 7.81. The summed E-state index contributed by atoms with van der Waals surface area (Å²) in [6.45, 7) is 4.14. The summed E-state index contributed by atoms with van der Waals surface area (Å²) in [6.07, 6.45) is 21.7. The van der Waals surface area contributed by atoms with Crippen molar-refractivity contribution in [3.05, 3.63) is 0 Å². The Hall–Kier alpha value is -0.240. The molecule has 0 rings (SSSR count). The van der Waals surface area contributed by atoms with E-state index < -0.39 is 0 Å². The first kappa shape index (κ1) is 22.8. The summed E-state index contributed by atoms with van der Waals surface area (Å²) in [5.41, 5.74) is 0. The van der Waals surface area contributed by atoms with Gasteiger partial charge in [-0.1, -0.05) is 109 Å². The first-order chi connectivity index (χ1) is 11.2. The van der Waals surface area contributed by atoms with Crippen molar-refractivity contribution >= 4 is 22.9 Å². The van der Waals surface area contributed by atoms with Crippen LogP contribution in [0.5, 0.6) is 0 Å². The maximum Gasteiger partial charge on any atom is 0.137 e. The van der Waals surface area contributed by atoms with Crippen molar-refractivity contribution in [2.45, 2.75) is 123 Å². The molecule has 0 saturated heterocycles. The highest BCUT2D eigenvalue weighted by Gasteiger charge is 2.02. The van der Waals surface area contributed by atoms with Gasteiger partial charge in [0.05, 0.1) is 0 Å². The van der Waals surface area contributed by atoms with Gasteiger partial charge in [0, 0.05) is 12.8 Å². The Balaban J connectivity index is 3.08. The number of unbranched alkanes of at least 4 members (excludes halogenated alkanes) is 14. The van der Waals surface area contributed by atoms with E-state index in [2.05, 4.69) is 6.92 Å². The maximum atomic E-state index is 11.5. The number of hydrogen-bond donors (Lipinski definition) is 0. The quantitative estimate of drug-likeness (QED) is 0.189. The molecular formula is C21H40OS. The van der Waals surface area contributed by atoms with Gasteiger partial charge in [0.1, 0.15) is 5.78 Å². The lowest BCUT2D eigenvalue weighted by Crippen LogP contribution is -2.02. The van der Waals surface area contributed by atoms with Gasteiger partial charge in [-0.15, -0.1) is 0 Å². The van der Waals surface area contributed by atoms with E-state index in [4.69, 9.17) is 12.2 Å². The zero-order valence-electron chi connectivity index (χ0n) is 15.8. The zero-order valence-corrected chi connectivity index (χ0v) is 16.7. The van der Waals surface area contributed by atoms with Crippen LogP contribution >= 0.6 is 12.2 Å². The molecule has 0 saturated carbocycles. The van der Waals surface area contributed by atoms with Gasteiger partial charge in [0.25, 0.3) is 0 Å². The molecule has 1 nitrogen and oxygen atoms in total. The fourth-order valence-corrected chi connectivity index (χ4v) is 3.22. The molecule has 2 heteroatoms. The summed E-state index contributed by atoms with van der Waals surface area (Å²) in [7, 11) is 0. The molecule has 0 aromatic heterocycles. The third-order valence-corrected chi connectivity index (χ3v) is 4.65. The van der Waals surface area contributed by atoms with Crippen LogP contribution in [0.4, 0.5) is 0 Å². The SMILES string of the molecule is CCCCCCCCCCCCCCCCCC(=O)CC(C)=S. The highest BCUT2D eigenvalue weighted by atomic mass is 32.1. The van der Waals surface area contributed by atoms with Gasteiger partial charge in [0.2, 0.25) is 0 Å². The van der Waals surface area contributed by atoms with Gasteiger partial charge in [-0.25, -0.2) is 0 Å². The Bertz CT molecular complexity index is 286. The normalized spacial score (nSPS) is 10.9. The Morgan fingerprint density at radius 1 is 0.652 bits per heavy atom. The summed E-state index contributed by atoms with van der Waals surface area (Å²) in [4.78, 5) is 12.3. The van der Waals surface area contributed by atoms with Crippen molar-refractivity contribution in [3.8, 4) is 0 Å². The van der Waals surface area contributed by atoms with E-state index in [9.17, 15) is 4.79 Å². The molecule has 0 aliphatic rings. The van der Waals surface area contributed by atoms with Gasteiger partial charge in [0.15, 0.2) is 0 Å². The van der Waals surface area contributed by atoms with Crippen LogP contribution < -0.4 is 0 Å². The predicted octanol–water partition coefficient (Wildman–Crippen LogP) is 7.60. The molecular weight excluding hydrogens is 300 g/mol. The smallest absolute Gasteiger partial charge is 0.137 e. The van der Waals surface area contributed by atoms with Crippen molar-refractivity contribution in [1.82, 2.24) is 0 Å². The first-order valence-corrected chi connectivity index (χ1v) is 10.6. The lowest BCUT2D eigenvalue weighted by atomic mass is 10.0. The van der Waals surface area contributed by atoms with Crippen LogP contribution in [0.2, 0.25) is 0 Å². The highest BCUT2D eigenvalue weighted by Crippen LogP contribution is 2.13. The van der Waals surface area contributed by atoms with Crippen molar-refractivity contribution < 1.29 is 4.79 Å². The Kier molecular flexibility index (Phi) is 17.9. The average molecular weight is 341 g/mol. The molecule has 0 aliphatic heterocycles. The van der Waals surface area contributed by atoms with Crippen LogP contribution in [0, 0.1) is 0 Å². The van der Waals surface area contributed by atoms with Gasteiger partial charge >= 0.3 is 0 Å². The molecule has 0 unspecified atom stereocenters. The Morgan fingerprint density at radius 2 is 1.00 bits per heavy atom. The van der Waals surface area contributed by atoms with Crippen LogP contribution in [0.25, 0.3) is 0 Å². The number of ketones is 1. The van der Waals surface area contributed by atoms with Crippen molar-refractivity contribution in [2.75, 3.05) is 0 Å². The Morgan fingerprint density at radius 3 is 1.35 bits per heavy atom. The van der Waals surface area contributed by atoms with Gasteiger partial charge < -0.3 is 0 Å². The minimum absolute atomic E-state index is 0.326. The lowest BCUT2D eigenvalue weighted by molar-refractivity contribution is -0.118. The molecule has 0 heterocycles. The first-order valence-electron chi connectivity index (χ1n) is 10.2. The number of carbonyl (C=O) groups is 1. The molecule has 0 spiro atoms. The molecule has 0 aliphatic carbocycles. The molecule has 0 radical (unpaired) electrons. The van der Waals surface area contributed by atoms with E-state index in [1.54, 1.807) is 0 Å².